The van der Waals surface area contributed by atoms with Crippen LogP contribution in [0.25, 0.3) is 0 Å². The molecule has 0 heterocycles. The lowest BCUT2D eigenvalue weighted by Gasteiger charge is -2.12. The number of ether oxygens (including phenoxy) is 1. The predicted molar refractivity (Wildman–Crippen MR) is 61.2 cm³/mol. The lowest BCUT2D eigenvalue weighted by Crippen LogP contribution is -2.27. The van der Waals surface area contributed by atoms with E-state index in [9.17, 15) is 14.3 Å². The van der Waals surface area contributed by atoms with E-state index in [4.69, 9.17) is 4.74 Å². The summed E-state index contributed by atoms with van der Waals surface area (Å²) in [5.41, 5.74) is 0.466. The summed E-state index contributed by atoms with van der Waals surface area (Å²) in [6.07, 6.45) is -0.734. The minimum absolute atomic E-state index is 0.00426. The van der Waals surface area contributed by atoms with Gasteiger partial charge in [0.2, 0.25) is 0 Å². The molecule has 0 saturated carbocycles. The van der Waals surface area contributed by atoms with Crippen LogP contribution >= 0.6 is 0 Å². The van der Waals surface area contributed by atoms with E-state index in [1.54, 1.807) is 27.1 Å². The van der Waals surface area contributed by atoms with E-state index in [1.165, 1.54) is 17.0 Å². The van der Waals surface area contributed by atoms with Crippen LogP contribution in [0.5, 0.6) is 5.75 Å². The van der Waals surface area contributed by atoms with Gasteiger partial charge in [0.1, 0.15) is 0 Å². The molecule has 5 heteroatoms. The number of aliphatic hydroxyl groups excluding tert-OH is 1. The lowest BCUT2D eigenvalue weighted by atomic mass is 10.1. The first-order valence-corrected chi connectivity index (χ1v) is 5.22. The second-order valence-corrected chi connectivity index (χ2v) is 3.94. The fraction of sp³-hybridized carbons (Fsp3) is 0.417. The van der Waals surface area contributed by atoms with Crippen molar-refractivity contribution in [3.63, 3.8) is 0 Å². The van der Waals surface area contributed by atoms with E-state index in [2.05, 4.69) is 0 Å². The Kier molecular flexibility index (Phi) is 4.45. The second kappa shape index (κ2) is 5.63. The van der Waals surface area contributed by atoms with Crippen LogP contribution in [-0.4, -0.2) is 36.6 Å². The molecule has 0 unspecified atom stereocenters. The van der Waals surface area contributed by atoms with Gasteiger partial charge in [0.05, 0.1) is 6.10 Å². The number of benzene rings is 1. The molecule has 0 aliphatic carbocycles. The fourth-order valence-electron chi connectivity index (χ4n) is 1.16. The average Bonchev–Trinajstić information content (AvgIpc) is 2.26. The van der Waals surface area contributed by atoms with Gasteiger partial charge in [0.25, 0.3) is 5.91 Å². The number of aliphatic hydroxyl groups is 1. The quantitative estimate of drug-likeness (QED) is 0.865. The number of rotatable bonds is 4. The van der Waals surface area contributed by atoms with Gasteiger partial charge in [-0.3, -0.25) is 4.79 Å². The normalized spacial score (nSPS) is 12.1. The zero-order valence-electron chi connectivity index (χ0n) is 10.1. The molecule has 1 aromatic carbocycles. The highest BCUT2D eigenvalue weighted by Gasteiger charge is 2.10. The Morgan fingerprint density at radius 1 is 1.53 bits per heavy atom. The molecule has 0 spiro atoms. The number of likely N-dealkylation sites (N-methyl/N-ethyl adjacent to an activating group) is 1. The highest BCUT2D eigenvalue weighted by atomic mass is 19.1. The van der Waals surface area contributed by atoms with Crippen LogP contribution in [0.2, 0.25) is 0 Å². The molecule has 0 radical (unpaired) electrons. The van der Waals surface area contributed by atoms with Crippen molar-refractivity contribution in [3.05, 3.63) is 29.6 Å². The number of hydrogen-bond acceptors (Lipinski definition) is 3. The van der Waals surface area contributed by atoms with Crippen molar-refractivity contribution in [2.45, 2.75) is 13.0 Å². The number of carbonyl (C=O) groups is 1. The van der Waals surface area contributed by atoms with Crippen molar-refractivity contribution in [2.75, 3.05) is 20.7 Å². The Bertz CT molecular complexity index is 405. The molecule has 17 heavy (non-hydrogen) atoms. The standard InChI is InChI=1S/C12H16FNO3/c1-8(15)9-4-5-11(10(13)6-9)17-7-12(16)14(2)3/h4-6,8,15H,7H2,1-3H3/t8-/m1/s1. The van der Waals surface area contributed by atoms with Gasteiger partial charge < -0.3 is 14.7 Å². The molecule has 0 aliphatic heterocycles. The summed E-state index contributed by atoms with van der Waals surface area (Å²) >= 11 is 0. The lowest BCUT2D eigenvalue weighted by molar-refractivity contribution is -0.130. The molecule has 0 saturated heterocycles. The number of amides is 1. The number of nitrogens with zero attached hydrogens (tertiary/aromatic N) is 1. The zero-order valence-corrected chi connectivity index (χ0v) is 10.1. The van der Waals surface area contributed by atoms with Crippen molar-refractivity contribution in [1.29, 1.82) is 0 Å². The van der Waals surface area contributed by atoms with E-state index in [1.807, 2.05) is 0 Å². The first-order chi connectivity index (χ1) is 7.91. The Labute approximate surface area is 99.6 Å². The Balaban J connectivity index is 2.70. The summed E-state index contributed by atoms with van der Waals surface area (Å²) < 4.78 is 18.5. The minimum atomic E-state index is -0.734. The van der Waals surface area contributed by atoms with Gasteiger partial charge in [-0.05, 0) is 24.6 Å². The van der Waals surface area contributed by atoms with Crippen molar-refractivity contribution in [3.8, 4) is 5.75 Å². The Hall–Kier alpha value is -1.62. The van der Waals surface area contributed by atoms with Gasteiger partial charge in [-0.25, -0.2) is 4.39 Å². The van der Waals surface area contributed by atoms with Crippen molar-refractivity contribution < 1.29 is 19.0 Å². The second-order valence-electron chi connectivity index (χ2n) is 3.94. The molecule has 1 rings (SSSR count). The van der Waals surface area contributed by atoms with Gasteiger partial charge >= 0.3 is 0 Å². The maximum Gasteiger partial charge on any atom is 0.259 e. The third-order valence-electron chi connectivity index (χ3n) is 2.29. The molecular formula is C12H16FNO3. The Morgan fingerprint density at radius 2 is 2.18 bits per heavy atom. The van der Waals surface area contributed by atoms with Crippen LogP contribution in [-0.2, 0) is 4.79 Å². The third kappa shape index (κ3) is 3.71. The third-order valence-corrected chi connectivity index (χ3v) is 2.29. The van der Waals surface area contributed by atoms with Crippen LogP contribution in [0.3, 0.4) is 0 Å². The molecule has 1 N–H and O–H groups in total. The maximum atomic E-state index is 13.5. The summed E-state index contributed by atoms with van der Waals surface area (Å²) in [4.78, 5) is 12.6. The van der Waals surface area contributed by atoms with Gasteiger partial charge in [-0.15, -0.1) is 0 Å². The van der Waals surface area contributed by atoms with Crippen LogP contribution in [0.4, 0.5) is 4.39 Å². The molecule has 0 aliphatic rings. The topological polar surface area (TPSA) is 49.8 Å². The van der Waals surface area contributed by atoms with Crippen LogP contribution in [0, 0.1) is 5.82 Å². The molecule has 0 fully saturated rings. The van der Waals surface area contributed by atoms with Gasteiger partial charge in [0.15, 0.2) is 18.2 Å². The van der Waals surface area contributed by atoms with Crippen molar-refractivity contribution >= 4 is 5.91 Å². The molecule has 4 nitrogen and oxygen atoms in total. The van der Waals surface area contributed by atoms with E-state index in [-0.39, 0.29) is 18.3 Å². The SMILES string of the molecule is C[C@@H](O)c1ccc(OCC(=O)N(C)C)c(F)c1. The first-order valence-electron chi connectivity index (χ1n) is 5.22. The largest absolute Gasteiger partial charge is 0.481 e. The summed E-state index contributed by atoms with van der Waals surface area (Å²) in [6.45, 7) is 1.34. The molecule has 1 amide bonds. The summed E-state index contributed by atoms with van der Waals surface area (Å²) in [5.74, 6) is -0.830. The monoisotopic (exact) mass is 241 g/mol. The zero-order chi connectivity index (χ0) is 13.0. The Morgan fingerprint density at radius 3 is 2.65 bits per heavy atom. The fourth-order valence-corrected chi connectivity index (χ4v) is 1.16. The highest BCUT2D eigenvalue weighted by molar-refractivity contribution is 5.77. The average molecular weight is 241 g/mol. The number of carbonyl (C=O) groups excluding carboxylic acids is 1. The van der Waals surface area contributed by atoms with E-state index in [0.29, 0.717) is 5.56 Å². The first kappa shape index (κ1) is 13.4. The smallest absolute Gasteiger partial charge is 0.259 e. The molecule has 1 atom stereocenters. The van der Waals surface area contributed by atoms with Gasteiger partial charge in [-0.1, -0.05) is 6.07 Å². The molecular weight excluding hydrogens is 225 g/mol. The summed E-state index contributed by atoms with van der Waals surface area (Å²) in [6, 6.07) is 4.16. The van der Waals surface area contributed by atoms with Crippen LogP contribution in [0.1, 0.15) is 18.6 Å². The van der Waals surface area contributed by atoms with E-state index >= 15 is 0 Å². The highest BCUT2D eigenvalue weighted by Crippen LogP contribution is 2.21. The van der Waals surface area contributed by atoms with E-state index in [0.717, 1.165) is 0 Å². The number of halogens is 1. The van der Waals surface area contributed by atoms with Crippen molar-refractivity contribution in [2.24, 2.45) is 0 Å². The minimum Gasteiger partial charge on any atom is -0.481 e. The summed E-state index contributed by atoms with van der Waals surface area (Å²) in [5, 5.41) is 9.26. The van der Waals surface area contributed by atoms with Crippen molar-refractivity contribution in [1.82, 2.24) is 4.90 Å². The van der Waals surface area contributed by atoms with Crippen LogP contribution < -0.4 is 4.74 Å². The van der Waals surface area contributed by atoms with Gasteiger partial charge in [0, 0.05) is 14.1 Å². The molecule has 0 aromatic heterocycles. The van der Waals surface area contributed by atoms with Gasteiger partial charge in [-0.2, -0.15) is 0 Å². The summed E-state index contributed by atoms with van der Waals surface area (Å²) in [7, 11) is 3.19. The predicted octanol–water partition coefficient (Wildman–Crippen LogP) is 1.35. The van der Waals surface area contributed by atoms with E-state index < -0.39 is 11.9 Å². The van der Waals surface area contributed by atoms with Crippen LogP contribution in [0.15, 0.2) is 18.2 Å². The maximum absolute atomic E-state index is 13.5. The molecule has 94 valence electrons. The molecule has 0 bridgehead atoms. The number of hydrogen-bond donors (Lipinski definition) is 1. The molecule has 1 aromatic rings.